The van der Waals surface area contributed by atoms with Crippen molar-refractivity contribution in [3.05, 3.63) is 73.8 Å². The van der Waals surface area contributed by atoms with E-state index in [1.54, 1.807) is 31.2 Å². The highest BCUT2D eigenvalue weighted by Gasteiger charge is 2.41. The number of nitro benzene ring substituents is 1. The van der Waals surface area contributed by atoms with Gasteiger partial charge in [-0.3, -0.25) is 14.9 Å². The summed E-state index contributed by atoms with van der Waals surface area (Å²) in [5, 5.41) is 15.7. The fourth-order valence-corrected chi connectivity index (χ4v) is 5.86. The first-order chi connectivity index (χ1) is 16.4. The van der Waals surface area contributed by atoms with Crippen LogP contribution in [0.4, 0.5) is 5.69 Å². The third-order valence-corrected chi connectivity index (χ3v) is 7.45. The molecular formula is C24H23ClN2O6S. The third kappa shape index (κ3) is 5.20. The second-order valence-electron chi connectivity index (χ2n) is 7.96. The zero-order valence-electron chi connectivity index (χ0n) is 18.4. The highest BCUT2D eigenvalue weighted by Crippen LogP contribution is 2.48. The zero-order chi connectivity index (χ0) is 24.2. The number of halogens is 1. The molecule has 34 heavy (non-hydrogen) atoms. The van der Waals surface area contributed by atoms with Gasteiger partial charge in [0.1, 0.15) is 5.75 Å². The van der Waals surface area contributed by atoms with Gasteiger partial charge in [-0.2, -0.15) is 0 Å². The first kappa shape index (κ1) is 24.1. The fourth-order valence-electron chi connectivity index (χ4n) is 4.19. The summed E-state index contributed by atoms with van der Waals surface area (Å²) in [5.74, 6) is -0.547. The van der Waals surface area contributed by atoms with Crippen LogP contribution in [0.5, 0.6) is 11.5 Å². The molecule has 1 aliphatic heterocycles. The zero-order valence-corrected chi connectivity index (χ0v) is 20.0. The van der Waals surface area contributed by atoms with Gasteiger partial charge in [-0.05, 0) is 56.2 Å². The van der Waals surface area contributed by atoms with E-state index in [9.17, 15) is 19.7 Å². The molecule has 4 rings (SSSR count). The van der Waals surface area contributed by atoms with Crippen molar-refractivity contribution in [2.24, 2.45) is 5.92 Å². The minimum Gasteiger partial charge on any atom is -0.463 e. The summed E-state index contributed by atoms with van der Waals surface area (Å²) >= 11 is 7.34. The van der Waals surface area contributed by atoms with E-state index in [1.807, 2.05) is 0 Å². The van der Waals surface area contributed by atoms with E-state index < -0.39 is 16.8 Å². The van der Waals surface area contributed by atoms with E-state index >= 15 is 0 Å². The Morgan fingerprint density at radius 1 is 1.18 bits per heavy atom. The number of carbonyl (C=O) groups excluding carboxylic acids is 2. The molecule has 8 nitrogen and oxygen atoms in total. The minimum atomic E-state index is -0.607. The number of hydrogen-bond acceptors (Lipinski definition) is 7. The second-order valence-corrected chi connectivity index (χ2v) is 9.65. The van der Waals surface area contributed by atoms with Crippen molar-refractivity contribution in [3.8, 4) is 11.5 Å². The van der Waals surface area contributed by atoms with Crippen LogP contribution in [0.15, 0.2) is 53.1 Å². The lowest BCUT2D eigenvalue weighted by atomic mass is 9.84. The Hall–Kier alpha value is -3.04. The Morgan fingerprint density at radius 3 is 2.62 bits per heavy atom. The molecule has 0 radical (unpaired) electrons. The standard InChI is InChI=1S/C24H23ClN2O6S/c1-2-32-24(29)21-17-5-3-4-6-20(17)34-23(21)26-22(28)14-7-12-19(18(13-14)27(30)31)33-16-10-8-15(25)9-11-16/h7-13,17,20H,2-6H2,1H3,(H,26,28)/t17-,20-/m1/s1. The summed E-state index contributed by atoms with van der Waals surface area (Å²) in [7, 11) is 0. The normalized spacial score (nSPS) is 19.4. The van der Waals surface area contributed by atoms with Gasteiger partial charge in [0.25, 0.3) is 5.91 Å². The summed E-state index contributed by atoms with van der Waals surface area (Å²) < 4.78 is 10.9. The van der Waals surface area contributed by atoms with Gasteiger partial charge in [-0.15, -0.1) is 11.8 Å². The number of thioether (sulfide) groups is 1. The van der Waals surface area contributed by atoms with E-state index in [0.29, 0.717) is 21.4 Å². The van der Waals surface area contributed by atoms with Crippen LogP contribution < -0.4 is 10.1 Å². The summed E-state index contributed by atoms with van der Waals surface area (Å²) in [6.45, 7) is 1.98. The van der Waals surface area contributed by atoms with Crippen molar-refractivity contribution in [3.63, 3.8) is 0 Å². The van der Waals surface area contributed by atoms with Crippen LogP contribution in [0.1, 0.15) is 43.0 Å². The number of amides is 1. The van der Waals surface area contributed by atoms with Crippen molar-refractivity contribution < 1.29 is 24.0 Å². The number of nitrogens with zero attached hydrogens (tertiary/aromatic N) is 1. The van der Waals surface area contributed by atoms with Crippen molar-refractivity contribution in [1.82, 2.24) is 5.32 Å². The van der Waals surface area contributed by atoms with Crippen LogP contribution in [0, 0.1) is 16.0 Å². The molecule has 1 N–H and O–H groups in total. The van der Waals surface area contributed by atoms with E-state index in [1.165, 1.54) is 23.9 Å². The van der Waals surface area contributed by atoms with Crippen LogP contribution >= 0.6 is 23.4 Å². The summed E-state index contributed by atoms with van der Waals surface area (Å²) in [6, 6.07) is 10.4. The van der Waals surface area contributed by atoms with Gasteiger partial charge in [0, 0.05) is 27.8 Å². The Morgan fingerprint density at radius 2 is 1.91 bits per heavy atom. The number of esters is 1. The van der Waals surface area contributed by atoms with E-state index in [-0.39, 0.29) is 34.8 Å². The van der Waals surface area contributed by atoms with Crippen molar-refractivity contribution >= 4 is 40.9 Å². The smallest absolute Gasteiger partial charge is 0.336 e. The number of fused-ring (bicyclic) bond motifs is 1. The molecule has 10 heteroatoms. The van der Waals surface area contributed by atoms with Crippen molar-refractivity contribution in [1.29, 1.82) is 0 Å². The summed E-state index contributed by atoms with van der Waals surface area (Å²) in [6.07, 6.45) is 3.92. The van der Waals surface area contributed by atoms with Gasteiger partial charge in [0.15, 0.2) is 0 Å². The lowest BCUT2D eigenvalue weighted by Gasteiger charge is -2.25. The lowest BCUT2D eigenvalue weighted by molar-refractivity contribution is -0.385. The number of benzene rings is 2. The number of ether oxygens (including phenoxy) is 2. The van der Waals surface area contributed by atoms with Crippen molar-refractivity contribution in [2.75, 3.05) is 6.61 Å². The number of rotatable bonds is 7. The van der Waals surface area contributed by atoms with Crippen LogP contribution in [0.25, 0.3) is 0 Å². The molecule has 0 spiro atoms. The quantitative estimate of drug-likeness (QED) is 0.287. The van der Waals surface area contributed by atoms with Crippen LogP contribution in [0.2, 0.25) is 5.02 Å². The molecular weight excluding hydrogens is 480 g/mol. The topological polar surface area (TPSA) is 108 Å². The summed E-state index contributed by atoms with van der Waals surface area (Å²) in [5.41, 5.74) is 0.235. The molecule has 2 atom stereocenters. The molecule has 0 saturated heterocycles. The van der Waals surface area contributed by atoms with Crippen molar-refractivity contribution in [2.45, 2.75) is 37.9 Å². The molecule has 2 aromatic rings. The largest absolute Gasteiger partial charge is 0.463 e. The Bertz CT molecular complexity index is 1150. The average molecular weight is 503 g/mol. The number of hydrogen-bond donors (Lipinski definition) is 1. The molecule has 0 bridgehead atoms. The highest BCUT2D eigenvalue weighted by molar-refractivity contribution is 8.04. The first-order valence-corrected chi connectivity index (χ1v) is 12.2. The van der Waals surface area contributed by atoms with E-state index in [0.717, 1.165) is 31.7 Å². The molecule has 0 aromatic heterocycles. The molecule has 178 valence electrons. The molecule has 2 aliphatic rings. The van der Waals surface area contributed by atoms with Gasteiger partial charge in [-0.25, -0.2) is 4.79 Å². The molecule has 1 amide bonds. The highest BCUT2D eigenvalue weighted by atomic mass is 35.5. The maximum absolute atomic E-state index is 13.0. The number of nitro groups is 1. The average Bonchev–Trinajstić information content (AvgIpc) is 3.18. The predicted molar refractivity (Wildman–Crippen MR) is 129 cm³/mol. The van der Waals surface area contributed by atoms with E-state index in [4.69, 9.17) is 21.1 Å². The summed E-state index contributed by atoms with van der Waals surface area (Å²) in [4.78, 5) is 36.7. The number of carbonyl (C=O) groups is 2. The fraction of sp³-hybridized carbons (Fsp3) is 0.333. The van der Waals surface area contributed by atoms with Gasteiger partial charge in [0.05, 0.1) is 22.1 Å². The minimum absolute atomic E-state index is 0.00318. The molecule has 1 fully saturated rings. The van der Waals surface area contributed by atoms with Crippen LogP contribution in [0.3, 0.4) is 0 Å². The molecule has 2 aromatic carbocycles. The van der Waals surface area contributed by atoms with Gasteiger partial charge in [-0.1, -0.05) is 24.4 Å². The molecule has 1 heterocycles. The second kappa shape index (κ2) is 10.5. The van der Waals surface area contributed by atoms with Crippen LogP contribution in [-0.2, 0) is 9.53 Å². The SMILES string of the molecule is CCOC(=O)C1=C(NC(=O)c2ccc(Oc3ccc(Cl)cc3)c([N+](=O)[O-])c2)S[C@@H]2CCCC[C@@H]12. The molecule has 0 unspecified atom stereocenters. The maximum atomic E-state index is 13.0. The molecule has 1 saturated carbocycles. The lowest BCUT2D eigenvalue weighted by Crippen LogP contribution is -2.26. The van der Waals surface area contributed by atoms with Gasteiger partial charge in [0.2, 0.25) is 5.75 Å². The molecule has 1 aliphatic carbocycles. The first-order valence-electron chi connectivity index (χ1n) is 11.0. The third-order valence-electron chi connectivity index (χ3n) is 5.77. The Balaban J connectivity index is 1.58. The Labute approximate surface area is 205 Å². The Kier molecular flexibility index (Phi) is 7.43. The van der Waals surface area contributed by atoms with Gasteiger partial charge >= 0.3 is 11.7 Å². The van der Waals surface area contributed by atoms with Crippen LogP contribution in [-0.4, -0.2) is 28.7 Å². The number of nitrogens with one attached hydrogen (secondary N) is 1. The maximum Gasteiger partial charge on any atom is 0.336 e. The van der Waals surface area contributed by atoms with E-state index in [2.05, 4.69) is 5.32 Å². The predicted octanol–water partition coefficient (Wildman–Crippen LogP) is 5.85. The monoisotopic (exact) mass is 502 g/mol. The van der Waals surface area contributed by atoms with Gasteiger partial charge < -0.3 is 14.8 Å².